The van der Waals surface area contributed by atoms with Crippen molar-refractivity contribution < 1.29 is 19.0 Å². The van der Waals surface area contributed by atoms with Crippen LogP contribution in [-0.4, -0.2) is 37.7 Å². The molecule has 1 aliphatic heterocycles. The summed E-state index contributed by atoms with van der Waals surface area (Å²) < 4.78 is 16.6. The molecular weight excluding hydrogens is 306 g/mol. The molecule has 0 spiro atoms. The van der Waals surface area contributed by atoms with E-state index in [0.29, 0.717) is 11.5 Å². The fraction of sp³-hybridized carbons (Fsp3) is 0.316. The number of rotatable bonds is 4. The summed E-state index contributed by atoms with van der Waals surface area (Å²) in [5.74, 6) is 1.97. The summed E-state index contributed by atoms with van der Waals surface area (Å²) in [4.78, 5) is 14.4. The lowest BCUT2D eigenvalue weighted by atomic mass is 10.1. The molecule has 3 rings (SSSR count). The Hall–Kier alpha value is -2.69. The maximum absolute atomic E-state index is 12.7. The van der Waals surface area contributed by atoms with Gasteiger partial charge in [0.05, 0.1) is 13.2 Å². The maximum atomic E-state index is 12.7. The van der Waals surface area contributed by atoms with Crippen LogP contribution in [0.15, 0.2) is 48.5 Å². The second-order valence-corrected chi connectivity index (χ2v) is 5.76. The number of para-hydroxylation sites is 2. The highest BCUT2D eigenvalue weighted by Gasteiger charge is 2.31. The van der Waals surface area contributed by atoms with Gasteiger partial charge in [0.1, 0.15) is 12.4 Å². The number of carbonyl (C=O) groups excluding carboxylic acids is 1. The monoisotopic (exact) mass is 327 g/mol. The average Bonchev–Trinajstić information content (AvgIpc) is 2.66. The van der Waals surface area contributed by atoms with E-state index in [-0.39, 0.29) is 18.6 Å². The van der Waals surface area contributed by atoms with Crippen LogP contribution in [0.1, 0.15) is 18.5 Å². The summed E-state index contributed by atoms with van der Waals surface area (Å²) in [6, 6.07) is 15.0. The lowest BCUT2D eigenvalue weighted by molar-refractivity contribution is -0.141. The first-order chi connectivity index (χ1) is 11.6. The van der Waals surface area contributed by atoms with E-state index in [2.05, 4.69) is 0 Å². The Morgan fingerprint density at radius 3 is 2.50 bits per heavy atom. The molecule has 5 nitrogen and oxygen atoms in total. The second-order valence-electron chi connectivity index (χ2n) is 5.76. The minimum Gasteiger partial charge on any atom is -0.497 e. The van der Waals surface area contributed by atoms with Crippen LogP contribution < -0.4 is 14.2 Å². The zero-order valence-electron chi connectivity index (χ0n) is 14.1. The predicted octanol–water partition coefficient (Wildman–Crippen LogP) is 3.05. The van der Waals surface area contributed by atoms with Gasteiger partial charge < -0.3 is 19.1 Å². The molecule has 1 amide bonds. The number of benzene rings is 2. The topological polar surface area (TPSA) is 48.0 Å². The van der Waals surface area contributed by atoms with Crippen molar-refractivity contribution in [1.82, 2.24) is 4.90 Å². The number of amides is 1. The standard InChI is InChI=1S/C19H21NO4/c1-13(14-8-10-15(22-3)11-9-14)20(2)19(21)18-12-23-16-6-4-5-7-17(16)24-18/h4-11,13,18H,12H2,1-3H3. The summed E-state index contributed by atoms with van der Waals surface area (Å²) in [5, 5.41) is 0. The van der Waals surface area contributed by atoms with Crippen LogP contribution >= 0.6 is 0 Å². The zero-order chi connectivity index (χ0) is 17.1. The van der Waals surface area contributed by atoms with Crippen molar-refractivity contribution in [3.05, 3.63) is 54.1 Å². The van der Waals surface area contributed by atoms with Gasteiger partial charge in [0, 0.05) is 7.05 Å². The summed E-state index contributed by atoms with van der Waals surface area (Å²) in [6.07, 6.45) is -0.634. The quantitative estimate of drug-likeness (QED) is 0.866. The Labute approximate surface area is 141 Å². The Kier molecular flexibility index (Phi) is 4.60. The van der Waals surface area contributed by atoms with Crippen LogP contribution in [0.3, 0.4) is 0 Å². The molecule has 24 heavy (non-hydrogen) atoms. The summed E-state index contributed by atoms with van der Waals surface area (Å²) >= 11 is 0. The normalized spacial score (nSPS) is 17.0. The second kappa shape index (κ2) is 6.83. The highest BCUT2D eigenvalue weighted by atomic mass is 16.6. The lowest BCUT2D eigenvalue weighted by Crippen LogP contribution is -2.45. The van der Waals surface area contributed by atoms with E-state index in [0.717, 1.165) is 11.3 Å². The number of hydrogen-bond acceptors (Lipinski definition) is 4. The molecule has 0 saturated heterocycles. The van der Waals surface area contributed by atoms with Crippen LogP contribution in [0.4, 0.5) is 0 Å². The van der Waals surface area contributed by atoms with Crippen LogP contribution in [0.5, 0.6) is 17.2 Å². The van der Waals surface area contributed by atoms with Crippen molar-refractivity contribution in [3.8, 4) is 17.2 Å². The van der Waals surface area contributed by atoms with Crippen molar-refractivity contribution in [2.75, 3.05) is 20.8 Å². The zero-order valence-corrected chi connectivity index (χ0v) is 14.1. The van der Waals surface area contributed by atoms with Gasteiger partial charge in [-0.05, 0) is 36.8 Å². The molecular formula is C19H21NO4. The molecule has 0 radical (unpaired) electrons. The first kappa shape index (κ1) is 16.2. The minimum absolute atomic E-state index is 0.0795. The third-order valence-electron chi connectivity index (χ3n) is 4.31. The van der Waals surface area contributed by atoms with E-state index >= 15 is 0 Å². The number of likely N-dealkylation sites (N-methyl/N-ethyl adjacent to an activating group) is 1. The molecule has 2 aromatic rings. The molecule has 2 unspecified atom stereocenters. The molecule has 2 aromatic carbocycles. The van der Waals surface area contributed by atoms with Gasteiger partial charge in [-0.2, -0.15) is 0 Å². The number of nitrogens with zero attached hydrogens (tertiary/aromatic N) is 1. The molecule has 1 aliphatic rings. The highest BCUT2D eigenvalue weighted by Crippen LogP contribution is 2.32. The molecule has 1 heterocycles. The first-order valence-electron chi connectivity index (χ1n) is 7.89. The van der Waals surface area contributed by atoms with Gasteiger partial charge in [0.25, 0.3) is 5.91 Å². The molecule has 5 heteroatoms. The van der Waals surface area contributed by atoms with Gasteiger partial charge in [0.2, 0.25) is 6.10 Å². The van der Waals surface area contributed by atoms with Gasteiger partial charge in [-0.1, -0.05) is 24.3 Å². The fourth-order valence-corrected chi connectivity index (χ4v) is 2.67. The summed E-state index contributed by atoms with van der Waals surface area (Å²) in [5.41, 5.74) is 1.03. The average molecular weight is 327 g/mol. The van der Waals surface area contributed by atoms with Crippen LogP contribution in [0, 0.1) is 0 Å². The van der Waals surface area contributed by atoms with E-state index in [1.54, 1.807) is 19.1 Å². The molecule has 0 saturated carbocycles. The van der Waals surface area contributed by atoms with Gasteiger partial charge >= 0.3 is 0 Å². The molecule has 0 aromatic heterocycles. The van der Waals surface area contributed by atoms with E-state index in [4.69, 9.17) is 14.2 Å². The largest absolute Gasteiger partial charge is 0.497 e. The van der Waals surface area contributed by atoms with Gasteiger partial charge in [-0.3, -0.25) is 4.79 Å². The Morgan fingerprint density at radius 1 is 1.17 bits per heavy atom. The molecule has 0 aliphatic carbocycles. The van der Waals surface area contributed by atoms with E-state index < -0.39 is 6.10 Å². The van der Waals surface area contributed by atoms with Crippen molar-refractivity contribution in [3.63, 3.8) is 0 Å². The number of methoxy groups -OCH3 is 1. The van der Waals surface area contributed by atoms with Crippen LogP contribution in [0.2, 0.25) is 0 Å². The number of hydrogen-bond donors (Lipinski definition) is 0. The predicted molar refractivity (Wildman–Crippen MR) is 90.5 cm³/mol. The number of ether oxygens (including phenoxy) is 3. The Morgan fingerprint density at radius 2 is 1.83 bits per heavy atom. The van der Waals surface area contributed by atoms with Gasteiger partial charge in [0.15, 0.2) is 11.5 Å². The third kappa shape index (κ3) is 3.15. The summed E-state index contributed by atoms with van der Waals surface area (Å²) in [7, 11) is 3.41. The van der Waals surface area contributed by atoms with E-state index in [9.17, 15) is 4.79 Å². The van der Waals surface area contributed by atoms with Gasteiger partial charge in [-0.15, -0.1) is 0 Å². The molecule has 0 fully saturated rings. The lowest BCUT2D eigenvalue weighted by Gasteiger charge is -2.32. The minimum atomic E-state index is -0.634. The number of carbonyl (C=O) groups is 1. The van der Waals surface area contributed by atoms with Crippen molar-refractivity contribution in [1.29, 1.82) is 0 Å². The fourth-order valence-electron chi connectivity index (χ4n) is 2.67. The van der Waals surface area contributed by atoms with Crippen molar-refractivity contribution >= 4 is 5.91 Å². The van der Waals surface area contributed by atoms with Crippen molar-refractivity contribution in [2.45, 2.75) is 19.1 Å². The summed E-state index contributed by atoms with van der Waals surface area (Å²) in [6.45, 7) is 2.20. The van der Waals surface area contributed by atoms with Crippen molar-refractivity contribution in [2.24, 2.45) is 0 Å². The highest BCUT2D eigenvalue weighted by molar-refractivity contribution is 5.82. The third-order valence-corrected chi connectivity index (χ3v) is 4.31. The first-order valence-corrected chi connectivity index (χ1v) is 7.89. The smallest absolute Gasteiger partial charge is 0.267 e. The Balaban J connectivity index is 1.70. The van der Waals surface area contributed by atoms with E-state index in [1.165, 1.54) is 0 Å². The number of fused-ring (bicyclic) bond motifs is 1. The van der Waals surface area contributed by atoms with Gasteiger partial charge in [-0.25, -0.2) is 0 Å². The van der Waals surface area contributed by atoms with E-state index in [1.807, 2.05) is 55.5 Å². The molecule has 0 N–H and O–H groups in total. The molecule has 2 atom stereocenters. The van der Waals surface area contributed by atoms with Crippen LogP contribution in [-0.2, 0) is 4.79 Å². The maximum Gasteiger partial charge on any atom is 0.267 e. The molecule has 126 valence electrons. The SMILES string of the molecule is COc1ccc(C(C)N(C)C(=O)C2COc3ccccc3O2)cc1. The Bertz CT molecular complexity index is 714. The van der Waals surface area contributed by atoms with Crippen LogP contribution in [0.25, 0.3) is 0 Å². The molecule has 0 bridgehead atoms.